The first kappa shape index (κ1) is 22.7. The molecule has 0 aliphatic rings. The highest BCUT2D eigenvalue weighted by atomic mass is 32.1. The van der Waals surface area contributed by atoms with Crippen molar-refractivity contribution in [1.82, 2.24) is 9.97 Å². The monoisotopic (exact) mass is 458 g/mol. The van der Waals surface area contributed by atoms with Gasteiger partial charge in [0.15, 0.2) is 11.6 Å². The quantitative estimate of drug-likeness (QED) is 0.345. The van der Waals surface area contributed by atoms with Gasteiger partial charge in [0.05, 0.1) is 17.6 Å². The first-order valence-electron chi connectivity index (χ1n) is 9.09. The first-order chi connectivity index (χ1) is 14.4. The van der Waals surface area contributed by atoms with Crippen LogP contribution in [0.5, 0.6) is 17.4 Å². The fourth-order valence-electron chi connectivity index (χ4n) is 2.80. The van der Waals surface area contributed by atoms with Gasteiger partial charge in [0.25, 0.3) is 0 Å². The van der Waals surface area contributed by atoms with Crippen molar-refractivity contribution in [3.8, 4) is 17.4 Å². The third-order valence-electron chi connectivity index (χ3n) is 3.97. The van der Waals surface area contributed by atoms with E-state index in [2.05, 4.69) is 14.7 Å². The fourth-order valence-corrected chi connectivity index (χ4v) is 3.98. The summed E-state index contributed by atoms with van der Waals surface area (Å²) in [6.07, 6.45) is -3.95. The van der Waals surface area contributed by atoms with Crippen molar-refractivity contribution in [2.45, 2.75) is 39.5 Å². The zero-order valence-electron chi connectivity index (χ0n) is 17.0. The van der Waals surface area contributed by atoms with Crippen molar-refractivity contribution in [2.75, 3.05) is 6.61 Å². The Labute approximate surface area is 178 Å². The molecule has 0 atom stereocenters. The number of ether oxygens (including phenoxy) is 3. The summed E-state index contributed by atoms with van der Waals surface area (Å²) in [5.74, 6) is -3.77. The average Bonchev–Trinajstić information content (AvgIpc) is 3.04. The van der Waals surface area contributed by atoms with Crippen molar-refractivity contribution >= 4 is 27.5 Å². The van der Waals surface area contributed by atoms with Gasteiger partial charge in [-0.1, -0.05) is 26.8 Å². The SMILES string of the molecule is CCOC(=O)c1c(C(C)(C)C)sc2ncnc(Oc3c(F)cccc3OC(F)(F)F)c12. The molecular weight excluding hydrogens is 440 g/mol. The fraction of sp³-hybridized carbons (Fsp3) is 0.350. The minimum absolute atomic E-state index is 0.0977. The molecule has 6 nitrogen and oxygen atoms in total. The maximum Gasteiger partial charge on any atom is 0.573 e. The van der Waals surface area contributed by atoms with Gasteiger partial charge in [-0.05, 0) is 24.5 Å². The van der Waals surface area contributed by atoms with Crippen molar-refractivity contribution in [3.05, 3.63) is 40.8 Å². The van der Waals surface area contributed by atoms with E-state index in [9.17, 15) is 22.4 Å². The Morgan fingerprint density at radius 2 is 1.87 bits per heavy atom. The third-order valence-corrected chi connectivity index (χ3v) is 5.49. The van der Waals surface area contributed by atoms with E-state index in [-0.39, 0.29) is 23.4 Å². The maximum absolute atomic E-state index is 14.4. The molecule has 0 saturated heterocycles. The lowest BCUT2D eigenvalue weighted by atomic mass is 9.91. The van der Waals surface area contributed by atoms with E-state index in [1.165, 1.54) is 11.3 Å². The van der Waals surface area contributed by atoms with Crippen LogP contribution in [-0.4, -0.2) is 28.9 Å². The van der Waals surface area contributed by atoms with Crippen LogP contribution in [0.1, 0.15) is 42.9 Å². The van der Waals surface area contributed by atoms with Gasteiger partial charge in [-0.3, -0.25) is 0 Å². The summed E-state index contributed by atoms with van der Waals surface area (Å²) in [5.41, 5.74) is -0.368. The van der Waals surface area contributed by atoms with E-state index in [0.29, 0.717) is 9.71 Å². The van der Waals surface area contributed by atoms with Crippen molar-refractivity contribution < 1.29 is 36.6 Å². The second kappa shape index (κ2) is 8.29. The molecule has 0 saturated carbocycles. The molecule has 3 rings (SSSR count). The van der Waals surface area contributed by atoms with Gasteiger partial charge >= 0.3 is 12.3 Å². The van der Waals surface area contributed by atoms with Crippen molar-refractivity contribution in [2.24, 2.45) is 0 Å². The number of aromatic nitrogens is 2. The molecule has 0 amide bonds. The van der Waals surface area contributed by atoms with Gasteiger partial charge in [0.1, 0.15) is 11.2 Å². The Morgan fingerprint density at radius 1 is 1.16 bits per heavy atom. The lowest BCUT2D eigenvalue weighted by Gasteiger charge is -2.18. The predicted molar refractivity (Wildman–Crippen MR) is 105 cm³/mol. The van der Waals surface area contributed by atoms with Crippen LogP contribution in [0.25, 0.3) is 10.2 Å². The number of esters is 1. The Kier molecular flexibility index (Phi) is 6.08. The topological polar surface area (TPSA) is 70.5 Å². The van der Waals surface area contributed by atoms with Crippen LogP contribution in [0.2, 0.25) is 0 Å². The Morgan fingerprint density at radius 3 is 2.48 bits per heavy atom. The number of thiophene rings is 1. The summed E-state index contributed by atoms with van der Waals surface area (Å²) in [6.45, 7) is 7.36. The Bertz CT molecular complexity index is 1120. The number of halogens is 4. The van der Waals surface area contributed by atoms with E-state index in [1.54, 1.807) is 6.92 Å². The number of benzene rings is 1. The molecule has 0 bridgehead atoms. The highest BCUT2D eigenvalue weighted by Gasteiger charge is 2.34. The molecule has 1 aromatic carbocycles. The number of nitrogens with zero attached hydrogens (tertiary/aromatic N) is 2. The Balaban J connectivity index is 2.22. The van der Waals surface area contributed by atoms with Crippen LogP contribution >= 0.6 is 11.3 Å². The molecule has 3 aromatic rings. The summed E-state index contributed by atoms with van der Waals surface area (Å²) >= 11 is 1.19. The Hall–Kier alpha value is -2.95. The highest BCUT2D eigenvalue weighted by Crippen LogP contribution is 2.44. The lowest BCUT2D eigenvalue weighted by Crippen LogP contribution is -2.18. The zero-order valence-corrected chi connectivity index (χ0v) is 17.8. The van der Waals surface area contributed by atoms with Crippen LogP contribution in [0.3, 0.4) is 0 Å². The number of para-hydroxylation sites is 1. The smallest absolute Gasteiger partial charge is 0.462 e. The largest absolute Gasteiger partial charge is 0.573 e. The summed E-state index contributed by atoms with van der Waals surface area (Å²) in [4.78, 5) is 21.8. The van der Waals surface area contributed by atoms with Crippen LogP contribution in [0, 0.1) is 5.82 Å². The van der Waals surface area contributed by atoms with Crippen molar-refractivity contribution in [3.63, 3.8) is 0 Å². The molecular formula is C20H18F4N2O4S. The summed E-state index contributed by atoms with van der Waals surface area (Å²) < 4.78 is 67.1. The van der Waals surface area contributed by atoms with Gasteiger partial charge in [-0.2, -0.15) is 0 Å². The molecule has 0 aliphatic heterocycles. The molecule has 166 valence electrons. The number of carbonyl (C=O) groups is 1. The van der Waals surface area contributed by atoms with Crippen LogP contribution in [0.15, 0.2) is 24.5 Å². The van der Waals surface area contributed by atoms with Gasteiger partial charge in [0, 0.05) is 4.88 Å². The van der Waals surface area contributed by atoms with E-state index in [1.807, 2.05) is 20.8 Å². The molecule has 0 unspecified atom stereocenters. The zero-order chi connectivity index (χ0) is 23.0. The van der Waals surface area contributed by atoms with E-state index in [0.717, 1.165) is 24.5 Å². The average molecular weight is 458 g/mol. The summed E-state index contributed by atoms with van der Waals surface area (Å²) in [6, 6.07) is 2.87. The number of carbonyl (C=O) groups excluding carboxylic acids is 1. The molecule has 0 fully saturated rings. The van der Waals surface area contributed by atoms with Gasteiger partial charge in [-0.25, -0.2) is 19.2 Å². The van der Waals surface area contributed by atoms with Crippen molar-refractivity contribution in [1.29, 1.82) is 0 Å². The van der Waals surface area contributed by atoms with Crippen LogP contribution in [-0.2, 0) is 10.2 Å². The lowest BCUT2D eigenvalue weighted by molar-refractivity contribution is -0.275. The molecule has 2 heterocycles. The number of rotatable bonds is 5. The standard InChI is InChI=1S/C20H18F4N2O4S/c1-5-28-18(27)12-13-16(25-9-26-17(13)31-15(12)19(2,3)4)29-14-10(21)7-6-8-11(14)30-20(22,23)24/h6-9H,5H2,1-4H3. The van der Waals surface area contributed by atoms with E-state index < -0.39 is 35.1 Å². The number of hydrogen-bond donors (Lipinski definition) is 0. The predicted octanol–water partition coefficient (Wildman–Crippen LogP) is 6.00. The third kappa shape index (κ3) is 4.87. The van der Waals surface area contributed by atoms with Gasteiger partial charge in [0.2, 0.25) is 11.6 Å². The maximum atomic E-state index is 14.4. The molecule has 31 heavy (non-hydrogen) atoms. The first-order valence-corrected chi connectivity index (χ1v) is 9.91. The summed E-state index contributed by atoms with van der Waals surface area (Å²) in [5, 5.41) is 0.122. The molecule has 0 N–H and O–H groups in total. The van der Waals surface area contributed by atoms with E-state index in [4.69, 9.17) is 9.47 Å². The molecule has 0 radical (unpaired) electrons. The minimum Gasteiger partial charge on any atom is -0.462 e. The summed E-state index contributed by atoms with van der Waals surface area (Å²) in [7, 11) is 0. The van der Waals surface area contributed by atoms with Crippen LogP contribution in [0.4, 0.5) is 17.6 Å². The molecule has 11 heteroatoms. The molecule has 0 spiro atoms. The van der Waals surface area contributed by atoms with E-state index >= 15 is 0 Å². The second-order valence-corrected chi connectivity index (χ2v) is 8.35. The number of alkyl halides is 3. The highest BCUT2D eigenvalue weighted by molar-refractivity contribution is 7.19. The van der Waals surface area contributed by atoms with Gasteiger partial charge < -0.3 is 14.2 Å². The number of hydrogen-bond acceptors (Lipinski definition) is 7. The van der Waals surface area contributed by atoms with Gasteiger partial charge in [-0.15, -0.1) is 24.5 Å². The molecule has 2 aromatic heterocycles. The molecule has 0 aliphatic carbocycles. The second-order valence-electron chi connectivity index (χ2n) is 7.35. The normalized spacial score (nSPS) is 12.1. The van der Waals surface area contributed by atoms with Crippen LogP contribution < -0.4 is 9.47 Å². The minimum atomic E-state index is -5.06. The number of fused-ring (bicyclic) bond motifs is 1.